The van der Waals surface area contributed by atoms with Crippen LogP contribution in [0.1, 0.15) is 41.5 Å². The molecule has 1 aromatic rings. The summed E-state index contributed by atoms with van der Waals surface area (Å²) in [6.45, 7) is 12.9. The highest BCUT2D eigenvalue weighted by atomic mass is 16.5. The van der Waals surface area contributed by atoms with Gasteiger partial charge in [0, 0.05) is 18.7 Å². The predicted molar refractivity (Wildman–Crippen MR) is 88.8 cm³/mol. The van der Waals surface area contributed by atoms with Crippen molar-refractivity contribution < 1.29 is 9.53 Å². The summed E-state index contributed by atoms with van der Waals surface area (Å²) in [4.78, 5) is 14.5. The normalized spacial score (nSPS) is 13.7. The Kier molecular flexibility index (Phi) is 5.08. The molecule has 0 heterocycles. The molecule has 0 aliphatic carbocycles. The fourth-order valence-electron chi connectivity index (χ4n) is 2.18. The number of carbonyl (C=O) groups is 1. The molecule has 0 aromatic heterocycles. The molecule has 3 heteroatoms. The van der Waals surface area contributed by atoms with Crippen molar-refractivity contribution in [2.75, 3.05) is 19.1 Å². The van der Waals surface area contributed by atoms with Gasteiger partial charge < -0.3 is 9.64 Å². The number of amides is 1. The zero-order chi connectivity index (χ0) is 16.4. The smallest absolute Gasteiger partial charge is 0.230 e. The molecular weight excluding hydrogens is 262 g/mol. The van der Waals surface area contributed by atoms with Crippen LogP contribution in [0.5, 0.6) is 5.75 Å². The molecular formula is C18H29NO2. The van der Waals surface area contributed by atoms with Gasteiger partial charge in [0.1, 0.15) is 5.75 Å². The Labute approximate surface area is 129 Å². The minimum absolute atomic E-state index is 0.0584. The topological polar surface area (TPSA) is 29.5 Å². The van der Waals surface area contributed by atoms with Crippen LogP contribution in [0.4, 0.5) is 5.69 Å². The van der Waals surface area contributed by atoms with Crippen LogP contribution in [0.2, 0.25) is 0 Å². The highest BCUT2D eigenvalue weighted by Crippen LogP contribution is 2.44. The second-order valence-electron chi connectivity index (χ2n) is 7.29. The predicted octanol–water partition coefficient (Wildman–Crippen LogP) is 4.37. The second kappa shape index (κ2) is 6.08. The lowest BCUT2D eigenvalue weighted by Crippen LogP contribution is -2.44. The molecule has 0 saturated heterocycles. The SMILES string of the molecule is COc1ccc(N(C)C(=O)C(C)C(C)(C)C(C)(C)C)cc1. The summed E-state index contributed by atoms with van der Waals surface area (Å²) in [5, 5.41) is 0. The van der Waals surface area contributed by atoms with Gasteiger partial charge in [-0.1, -0.05) is 41.5 Å². The molecule has 0 bridgehead atoms. The molecule has 0 saturated carbocycles. The Balaban J connectivity index is 2.96. The van der Waals surface area contributed by atoms with Crippen molar-refractivity contribution in [3.05, 3.63) is 24.3 Å². The molecule has 1 aromatic carbocycles. The van der Waals surface area contributed by atoms with Gasteiger partial charge in [-0.05, 0) is 35.1 Å². The minimum atomic E-state index is -0.0924. The third-order valence-corrected chi connectivity index (χ3v) is 5.18. The summed E-state index contributed by atoms with van der Waals surface area (Å²) >= 11 is 0. The standard InChI is InChI=1S/C18H29NO2/c1-13(18(5,6)17(2,3)4)16(20)19(7)14-9-11-15(21-8)12-10-14/h9-13H,1-8H3. The fourth-order valence-corrected chi connectivity index (χ4v) is 2.18. The molecule has 0 radical (unpaired) electrons. The summed E-state index contributed by atoms with van der Waals surface area (Å²) in [6, 6.07) is 7.57. The van der Waals surface area contributed by atoms with Crippen molar-refractivity contribution in [1.82, 2.24) is 0 Å². The summed E-state index contributed by atoms with van der Waals surface area (Å²) in [7, 11) is 3.47. The van der Waals surface area contributed by atoms with E-state index in [0.29, 0.717) is 0 Å². The van der Waals surface area contributed by atoms with Crippen molar-refractivity contribution >= 4 is 11.6 Å². The van der Waals surface area contributed by atoms with E-state index < -0.39 is 0 Å². The monoisotopic (exact) mass is 291 g/mol. The lowest BCUT2D eigenvalue weighted by molar-refractivity contribution is -0.127. The molecule has 0 aliphatic heterocycles. The van der Waals surface area contributed by atoms with Crippen molar-refractivity contribution in [1.29, 1.82) is 0 Å². The number of hydrogen-bond donors (Lipinski definition) is 0. The Hall–Kier alpha value is -1.51. The van der Waals surface area contributed by atoms with Gasteiger partial charge in [0.05, 0.1) is 7.11 Å². The number of rotatable bonds is 4. The number of anilines is 1. The lowest BCUT2D eigenvalue weighted by Gasteiger charge is -2.44. The van der Waals surface area contributed by atoms with Crippen LogP contribution in [-0.2, 0) is 4.79 Å². The maximum atomic E-state index is 12.8. The Bertz CT molecular complexity index is 483. The van der Waals surface area contributed by atoms with Crippen molar-refractivity contribution in [3.63, 3.8) is 0 Å². The number of hydrogen-bond acceptors (Lipinski definition) is 2. The lowest BCUT2D eigenvalue weighted by atomic mass is 9.62. The Morgan fingerprint density at radius 1 is 1.10 bits per heavy atom. The summed E-state index contributed by atoms with van der Waals surface area (Å²) in [5.74, 6) is 0.868. The first-order valence-corrected chi connectivity index (χ1v) is 7.44. The molecule has 1 rings (SSSR count). The third-order valence-electron chi connectivity index (χ3n) is 5.18. The van der Waals surface area contributed by atoms with Crippen molar-refractivity contribution in [2.45, 2.75) is 41.5 Å². The summed E-state index contributed by atoms with van der Waals surface area (Å²) in [5.41, 5.74) is 0.852. The second-order valence-corrected chi connectivity index (χ2v) is 7.29. The van der Waals surface area contributed by atoms with Gasteiger partial charge >= 0.3 is 0 Å². The van der Waals surface area contributed by atoms with E-state index in [1.807, 2.05) is 38.2 Å². The number of carbonyl (C=O) groups excluding carboxylic acids is 1. The summed E-state index contributed by atoms with van der Waals surface area (Å²) < 4.78 is 5.15. The van der Waals surface area contributed by atoms with Crippen LogP contribution in [0.3, 0.4) is 0 Å². The van der Waals surface area contributed by atoms with Crippen LogP contribution < -0.4 is 9.64 Å². The molecule has 3 nitrogen and oxygen atoms in total. The van der Waals surface area contributed by atoms with Gasteiger partial charge in [0.2, 0.25) is 5.91 Å². The molecule has 0 spiro atoms. The highest BCUT2D eigenvalue weighted by molar-refractivity contribution is 5.94. The average molecular weight is 291 g/mol. The van der Waals surface area contributed by atoms with Gasteiger partial charge in [-0.3, -0.25) is 4.79 Å². The van der Waals surface area contributed by atoms with E-state index in [9.17, 15) is 4.79 Å². The van der Waals surface area contributed by atoms with Crippen LogP contribution in [0, 0.1) is 16.7 Å². The van der Waals surface area contributed by atoms with Gasteiger partial charge in [-0.2, -0.15) is 0 Å². The maximum absolute atomic E-state index is 12.8. The molecule has 21 heavy (non-hydrogen) atoms. The number of nitrogens with zero attached hydrogens (tertiary/aromatic N) is 1. The van der Waals surface area contributed by atoms with E-state index in [4.69, 9.17) is 4.74 Å². The van der Waals surface area contributed by atoms with Crippen LogP contribution >= 0.6 is 0 Å². The van der Waals surface area contributed by atoms with E-state index in [-0.39, 0.29) is 22.7 Å². The van der Waals surface area contributed by atoms with Crippen molar-refractivity contribution in [2.24, 2.45) is 16.7 Å². The van der Waals surface area contributed by atoms with Crippen molar-refractivity contribution in [3.8, 4) is 5.75 Å². The number of methoxy groups -OCH3 is 1. The zero-order valence-electron chi connectivity index (χ0n) is 14.7. The average Bonchev–Trinajstić information content (AvgIpc) is 2.43. The molecule has 1 amide bonds. The first-order chi connectivity index (χ1) is 9.52. The zero-order valence-corrected chi connectivity index (χ0v) is 14.7. The molecule has 0 aliphatic rings. The Morgan fingerprint density at radius 3 is 1.95 bits per heavy atom. The summed E-state index contributed by atoms with van der Waals surface area (Å²) in [6.07, 6.45) is 0. The van der Waals surface area contributed by atoms with Crippen LogP contribution in [-0.4, -0.2) is 20.1 Å². The molecule has 1 atom stereocenters. The molecule has 118 valence electrons. The first-order valence-electron chi connectivity index (χ1n) is 7.44. The van der Waals surface area contributed by atoms with Gasteiger partial charge in [-0.25, -0.2) is 0 Å². The van der Waals surface area contributed by atoms with E-state index in [1.54, 1.807) is 12.0 Å². The third kappa shape index (κ3) is 3.58. The van der Waals surface area contributed by atoms with Crippen LogP contribution in [0.25, 0.3) is 0 Å². The number of benzene rings is 1. The minimum Gasteiger partial charge on any atom is -0.497 e. The van der Waals surface area contributed by atoms with E-state index in [1.165, 1.54) is 0 Å². The number of ether oxygens (including phenoxy) is 1. The van der Waals surface area contributed by atoms with Crippen LogP contribution in [0.15, 0.2) is 24.3 Å². The van der Waals surface area contributed by atoms with E-state index >= 15 is 0 Å². The quantitative estimate of drug-likeness (QED) is 0.824. The molecule has 1 unspecified atom stereocenters. The van der Waals surface area contributed by atoms with Gasteiger partial charge in [-0.15, -0.1) is 0 Å². The largest absolute Gasteiger partial charge is 0.497 e. The molecule has 0 fully saturated rings. The first kappa shape index (κ1) is 17.5. The van der Waals surface area contributed by atoms with E-state index in [2.05, 4.69) is 34.6 Å². The van der Waals surface area contributed by atoms with E-state index in [0.717, 1.165) is 11.4 Å². The highest BCUT2D eigenvalue weighted by Gasteiger charge is 2.42. The maximum Gasteiger partial charge on any atom is 0.230 e. The molecule has 0 N–H and O–H groups in total. The van der Waals surface area contributed by atoms with Gasteiger partial charge in [0.25, 0.3) is 0 Å². The Morgan fingerprint density at radius 2 is 1.57 bits per heavy atom. The van der Waals surface area contributed by atoms with Gasteiger partial charge in [0.15, 0.2) is 0 Å². The fraction of sp³-hybridized carbons (Fsp3) is 0.611.